The van der Waals surface area contributed by atoms with Crippen molar-refractivity contribution >= 4 is 38.1 Å². The van der Waals surface area contributed by atoms with Gasteiger partial charge in [-0.1, -0.05) is 56.3 Å². The molecule has 0 radical (unpaired) electrons. The molecule has 122 valence electrons. The first-order chi connectivity index (χ1) is 12.2. The summed E-state index contributed by atoms with van der Waals surface area (Å²) in [6.45, 7) is 4.52. The largest absolute Gasteiger partial charge is 0.296 e. The van der Waals surface area contributed by atoms with E-state index < -0.39 is 0 Å². The van der Waals surface area contributed by atoms with Gasteiger partial charge in [-0.05, 0) is 17.9 Å². The number of hydrogen-bond acceptors (Lipinski definition) is 2. The Morgan fingerprint density at radius 3 is 2.52 bits per heavy atom. The normalized spacial score (nSPS) is 12.1. The van der Waals surface area contributed by atoms with Crippen LogP contribution in [0.1, 0.15) is 19.4 Å². The molecule has 0 fully saturated rings. The number of aromatic nitrogens is 3. The summed E-state index contributed by atoms with van der Waals surface area (Å²) in [5.74, 6) is 0.617. The van der Waals surface area contributed by atoms with Crippen LogP contribution in [0.4, 0.5) is 0 Å². The fourth-order valence-corrected chi connectivity index (χ4v) is 3.93. The molecule has 0 atom stereocenters. The Hall–Kier alpha value is -2.94. The molecule has 0 unspecified atom stereocenters. The van der Waals surface area contributed by atoms with E-state index in [0.717, 1.165) is 23.0 Å². The molecule has 0 N–H and O–H groups in total. The Labute approximate surface area is 145 Å². The Morgan fingerprint density at radius 2 is 1.68 bits per heavy atom. The van der Waals surface area contributed by atoms with Crippen molar-refractivity contribution in [2.45, 2.75) is 20.3 Å². The highest BCUT2D eigenvalue weighted by Crippen LogP contribution is 2.33. The first-order valence-corrected chi connectivity index (χ1v) is 8.77. The lowest BCUT2D eigenvalue weighted by molar-refractivity contribution is 0.650. The van der Waals surface area contributed by atoms with Gasteiger partial charge in [0, 0.05) is 27.7 Å². The average Bonchev–Trinajstić information content (AvgIpc) is 3.11. The van der Waals surface area contributed by atoms with Gasteiger partial charge >= 0.3 is 0 Å². The molecule has 2 aromatic carbocycles. The molecule has 0 aliphatic carbocycles. The summed E-state index contributed by atoms with van der Waals surface area (Å²) in [4.78, 5) is 9.30. The van der Waals surface area contributed by atoms with E-state index in [2.05, 4.69) is 65.7 Å². The number of nitrogens with zero attached hydrogens (tertiary/aromatic N) is 3. The van der Waals surface area contributed by atoms with Crippen LogP contribution in [-0.2, 0) is 6.42 Å². The topological polar surface area (TPSA) is 30.2 Å². The zero-order valence-electron chi connectivity index (χ0n) is 14.4. The lowest BCUT2D eigenvalue weighted by atomic mass is 9.96. The Kier molecular flexibility index (Phi) is 3.04. The monoisotopic (exact) mass is 325 g/mol. The number of pyridine rings is 2. The van der Waals surface area contributed by atoms with Gasteiger partial charge in [-0.25, -0.2) is 4.98 Å². The van der Waals surface area contributed by atoms with Gasteiger partial charge in [0.25, 0.3) is 0 Å². The minimum Gasteiger partial charge on any atom is -0.296 e. The molecule has 0 amide bonds. The molecular weight excluding hydrogens is 306 g/mol. The Morgan fingerprint density at radius 1 is 0.880 bits per heavy atom. The molecule has 3 heteroatoms. The summed E-state index contributed by atoms with van der Waals surface area (Å²) in [5.41, 5.74) is 4.68. The van der Waals surface area contributed by atoms with E-state index in [9.17, 15) is 0 Å². The van der Waals surface area contributed by atoms with Crippen molar-refractivity contribution < 1.29 is 0 Å². The molecule has 0 aliphatic rings. The van der Waals surface area contributed by atoms with E-state index in [1.54, 1.807) is 0 Å². The van der Waals surface area contributed by atoms with Crippen LogP contribution in [-0.4, -0.2) is 14.4 Å². The third-order valence-corrected chi connectivity index (χ3v) is 4.96. The van der Waals surface area contributed by atoms with Crippen molar-refractivity contribution in [3.05, 3.63) is 66.7 Å². The lowest BCUT2D eigenvalue weighted by Crippen LogP contribution is -1.98. The van der Waals surface area contributed by atoms with E-state index in [4.69, 9.17) is 4.98 Å². The molecule has 0 aliphatic heterocycles. The molecular formula is C22H19N3. The van der Waals surface area contributed by atoms with Crippen molar-refractivity contribution in [1.82, 2.24) is 14.4 Å². The predicted octanol–water partition coefficient (Wildman–Crippen LogP) is 5.39. The number of fused-ring (bicyclic) bond motifs is 8. The molecule has 5 aromatic rings. The van der Waals surface area contributed by atoms with Crippen molar-refractivity contribution in [2.24, 2.45) is 5.92 Å². The summed E-state index contributed by atoms with van der Waals surface area (Å²) < 4.78 is 2.19. The molecule has 0 saturated heterocycles. The van der Waals surface area contributed by atoms with E-state index in [1.165, 1.54) is 27.1 Å². The average molecular weight is 325 g/mol. The minimum atomic E-state index is 0.617. The maximum Gasteiger partial charge on any atom is 0.0998 e. The molecule has 0 spiro atoms. The third-order valence-electron chi connectivity index (χ3n) is 4.96. The highest BCUT2D eigenvalue weighted by Gasteiger charge is 2.14. The van der Waals surface area contributed by atoms with E-state index in [-0.39, 0.29) is 0 Å². The first kappa shape index (κ1) is 14.4. The second kappa shape index (κ2) is 5.28. The highest BCUT2D eigenvalue weighted by atomic mass is 15.0. The van der Waals surface area contributed by atoms with Crippen LogP contribution in [0.15, 0.2) is 61.2 Å². The Balaban J connectivity index is 2.03. The molecule has 25 heavy (non-hydrogen) atoms. The SMILES string of the molecule is CC(C)Cc1cccc2c1cnc1c3ccccc3c3cncn3c21. The zero-order chi connectivity index (χ0) is 17.0. The number of rotatable bonds is 2. The third kappa shape index (κ3) is 2.05. The summed E-state index contributed by atoms with van der Waals surface area (Å²) in [7, 11) is 0. The van der Waals surface area contributed by atoms with Crippen LogP contribution in [0.2, 0.25) is 0 Å². The van der Waals surface area contributed by atoms with Crippen LogP contribution in [0.3, 0.4) is 0 Å². The van der Waals surface area contributed by atoms with Crippen LogP contribution in [0.25, 0.3) is 38.1 Å². The van der Waals surface area contributed by atoms with Gasteiger partial charge in [0.2, 0.25) is 0 Å². The highest BCUT2D eigenvalue weighted by molar-refractivity contribution is 6.17. The predicted molar refractivity (Wildman–Crippen MR) is 104 cm³/mol. The molecule has 3 aromatic heterocycles. The van der Waals surface area contributed by atoms with Crippen LogP contribution in [0, 0.1) is 5.92 Å². The van der Waals surface area contributed by atoms with Crippen molar-refractivity contribution in [1.29, 1.82) is 0 Å². The molecule has 0 saturated carbocycles. The second-order valence-electron chi connectivity index (χ2n) is 7.13. The molecule has 0 bridgehead atoms. The van der Waals surface area contributed by atoms with Gasteiger partial charge in [-0.2, -0.15) is 0 Å². The maximum atomic E-state index is 4.89. The Bertz CT molecular complexity index is 1250. The zero-order valence-corrected chi connectivity index (χ0v) is 14.4. The number of imidazole rings is 1. The van der Waals surface area contributed by atoms with Crippen molar-refractivity contribution in [3.8, 4) is 0 Å². The van der Waals surface area contributed by atoms with E-state index in [1.807, 2.05) is 18.7 Å². The van der Waals surface area contributed by atoms with E-state index in [0.29, 0.717) is 5.92 Å². The van der Waals surface area contributed by atoms with Crippen molar-refractivity contribution in [2.75, 3.05) is 0 Å². The summed E-state index contributed by atoms with van der Waals surface area (Å²) in [5, 5.41) is 4.87. The molecule has 5 rings (SSSR count). The van der Waals surface area contributed by atoms with Gasteiger partial charge in [0.1, 0.15) is 0 Å². The standard InChI is InChI=1S/C22H19N3/c1-14(2)10-15-6-5-9-18-19(15)11-24-21-17-8-4-3-7-16(17)20-12-23-13-25(20)22(18)21/h3-9,11-14H,10H2,1-2H3. The number of benzene rings is 2. The van der Waals surface area contributed by atoms with Crippen LogP contribution >= 0.6 is 0 Å². The quantitative estimate of drug-likeness (QED) is 0.407. The summed E-state index contributed by atoms with van der Waals surface area (Å²) >= 11 is 0. The van der Waals surface area contributed by atoms with Crippen LogP contribution in [0.5, 0.6) is 0 Å². The van der Waals surface area contributed by atoms with Gasteiger partial charge in [0.05, 0.1) is 29.1 Å². The fraction of sp³-hybridized carbons (Fsp3) is 0.182. The lowest BCUT2D eigenvalue weighted by Gasteiger charge is -2.13. The van der Waals surface area contributed by atoms with E-state index >= 15 is 0 Å². The first-order valence-electron chi connectivity index (χ1n) is 8.77. The van der Waals surface area contributed by atoms with Gasteiger partial charge < -0.3 is 0 Å². The minimum absolute atomic E-state index is 0.617. The van der Waals surface area contributed by atoms with Crippen molar-refractivity contribution in [3.63, 3.8) is 0 Å². The van der Waals surface area contributed by atoms with Gasteiger partial charge in [0.15, 0.2) is 0 Å². The second-order valence-corrected chi connectivity index (χ2v) is 7.13. The number of hydrogen-bond donors (Lipinski definition) is 0. The summed E-state index contributed by atoms with van der Waals surface area (Å²) in [6.07, 6.45) is 6.95. The summed E-state index contributed by atoms with van der Waals surface area (Å²) in [6, 6.07) is 15.0. The molecule has 3 nitrogen and oxygen atoms in total. The fourth-order valence-electron chi connectivity index (χ4n) is 3.93. The van der Waals surface area contributed by atoms with Gasteiger partial charge in [-0.15, -0.1) is 0 Å². The van der Waals surface area contributed by atoms with Gasteiger partial charge in [-0.3, -0.25) is 9.38 Å². The molecule has 3 heterocycles. The van der Waals surface area contributed by atoms with Crippen LogP contribution < -0.4 is 0 Å². The maximum absolute atomic E-state index is 4.89. The smallest absolute Gasteiger partial charge is 0.0998 e.